The Bertz CT molecular complexity index is 1020. The van der Waals surface area contributed by atoms with Crippen LogP contribution in [0.25, 0.3) is 17.0 Å². The molecule has 138 valence electrons. The molecule has 0 radical (unpaired) electrons. The molecule has 1 amide bonds. The van der Waals surface area contributed by atoms with Crippen LogP contribution in [0.15, 0.2) is 60.2 Å². The van der Waals surface area contributed by atoms with E-state index in [1.807, 2.05) is 59.2 Å². The topological polar surface area (TPSA) is 74.3 Å². The fourth-order valence-electron chi connectivity index (χ4n) is 2.94. The van der Waals surface area contributed by atoms with Gasteiger partial charge in [0.25, 0.3) is 5.91 Å². The highest BCUT2D eigenvalue weighted by molar-refractivity contribution is 6.33. The van der Waals surface area contributed by atoms with Gasteiger partial charge in [-0.05, 0) is 24.6 Å². The van der Waals surface area contributed by atoms with Gasteiger partial charge in [0.05, 0.1) is 12.1 Å². The van der Waals surface area contributed by atoms with E-state index in [0.717, 1.165) is 16.5 Å². The molecule has 1 aromatic heterocycles. The molecule has 3 aromatic rings. The summed E-state index contributed by atoms with van der Waals surface area (Å²) in [6.45, 7) is 2.36. The third-order valence-electron chi connectivity index (χ3n) is 4.18. The summed E-state index contributed by atoms with van der Waals surface area (Å²) in [5.41, 5.74) is 7.68. The summed E-state index contributed by atoms with van der Waals surface area (Å²) in [5, 5.41) is 1.24. The lowest BCUT2D eigenvalue weighted by molar-refractivity contribution is -0.139. The maximum atomic E-state index is 12.1. The summed E-state index contributed by atoms with van der Waals surface area (Å²) in [6, 6.07) is 17.5. The summed E-state index contributed by atoms with van der Waals surface area (Å²) in [4.78, 5) is 23.9. The van der Waals surface area contributed by atoms with E-state index in [9.17, 15) is 9.59 Å². The summed E-state index contributed by atoms with van der Waals surface area (Å²) in [6.07, 6.45) is 1.41. The first-order chi connectivity index (χ1) is 13.0. The number of para-hydroxylation sites is 1. The van der Waals surface area contributed by atoms with Crippen LogP contribution in [-0.2, 0) is 20.9 Å². The van der Waals surface area contributed by atoms with E-state index in [1.54, 1.807) is 6.92 Å². The van der Waals surface area contributed by atoms with Crippen molar-refractivity contribution in [3.8, 4) is 0 Å². The average Bonchev–Trinajstić information content (AvgIpc) is 2.92. The molecule has 2 N–H and O–H groups in total. The molecule has 0 unspecified atom stereocenters. The van der Waals surface area contributed by atoms with Crippen molar-refractivity contribution in [3.05, 3.63) is 76.5 Å². The molecule has 0 fully saturated rings. The number of hydrogen-bond donors (Lipinski definition) is 1. The first-order valence-corrected chi connectivity index (χ1v) is 8.90. The molecule has 0 atom stereocenters. The quantitative estimate of drug-likeness (QED) is 0.305. The van der Waals surface area contributed by atoms with E-state index < -0.39 is 11.9 Å². The molecule has 0 bridgehead atoms. The monoisotopic (exact) mass is 382 g/mol. The molecule has 27 heavy (non-hydrogen) atoms. The fraction of sp³-hybridized carbons (Fsp3) is 0.143. The number of rotatable bonds is 6. The van der Waals surface area contributed by atoms with Crippen LogP contribution < -0.4 is 5.73 Å². The van der Waals surface area contributed by atoms with Gasteiger partial charge in [0.1, 0.15) is 10.7 Å². The Morgan fingerprint density at radius 3 is 2.44 bits per heavy atom. The number of carbonyl (C=O) groups excluding carboxylic acids is 2. The Morgan fingerprint density at radius 1 is 1.11 bits per heavy atom. The SMILES string of the molecule is CCOC(=O)/C(=C\c1c(Cl)n(Cc2ccccc2)c2ccccc12)C(N)=O. The van der Waals surface area contributed by atoms with Crippen LogP contribution in [0, 0.1) is 0 Å². The lowest BCUT2D eigenvalue weighted by Crippen LogP contribution is -2.22. The number of primary amides is 1. The van der Waals surface area contributed by atoms with Crippen LogP contribution in [0.5, 0.6) is 0 Å². The number of benzene rings is 2. The molecule has 0 aliphatic rings. The second-order valence-corrected chi connectivity index (χ2v) is 6.29. The van der Waals surface area contributed by atoms with Gasteiger partial charge in [-0.15, -0.1) is 0 Å². The fourth-order valence-corrected chi connectivity index (χ4v) is 3.25. The van der Waals surface area contributed by atoms with Gasteiger partial charge in [-0.2, -0.15) is 0 Å². The molecule has 5 nitrogen and oxygen atoms in total. The zero-order valence-electron chi connectivity index (χ0n) is 14.8. The predicted octanol–water partition coefficient (Wildman–Crippen LogP) is 3.77. The van der Waals surface area contributed by atoms with E-state index in [4.69, 9.17) is 22.1 Å². The van der Waals surface area contributed by atoms with Crippen LogP contribution in [-0.4, -0.2) is 23.1 Å². The molecule has 0 saturated carbocycles. The zero-order chi connectivity index (χ0) is 19.4. The average molecular weight is 383 g/mol. The molecule has 1 heterocycles. The van der Waals surface area contributed by atoms with Gasteiger partial charge in [0, 0.05) is 17.5 Å². The second kappa shape index (κ2) is 8.10. The molecule has 0 aliphatic carbocycles. The standard InChI is InChI=1S/C21H19ClN2O3/c1-2-27-21(26)17(20(23)25)12-16-15-10-6-7-11-18(15)24(19(16)22)13-14-8-4-3-5-9-14/h3-12H,2,13H2,1H3,(H2,23,25)/b17-12-. The lowest BCUT2D eigenvalue weighted by Gasteiger charge is -2.07. The smallest absolute Gasteiger partial charge is 0.343 e. The number of aromatic nitrogens is 1. The Morgan fingerprint density at radius 2 is 1.78 bits per heavy atom. The minimum absolute atomic E-state index is 0.146. The maximum Gasteiger partial charge on any atom is 0.343 e. The van der Waals surface area contributed by atoms with Crippen molar-refractivity contribution in [2.45, 2.75) is 13.5 Å². The van der Waals surface area contributed by atoms with Gasteiger partial charge in [-0.1, -0.05) is 60.1 Å². The summed E-state index contributed by atoms with van der Waals surface area (Å²) < 4.78 is 6.87. The molecule has 0 spiro atoms. The largest absolute Gasteiger partial charge is 0.462 e. The highest BCUT2D eigenvalue weighted by Crippen LogP contribution is 2.32. The number of esters is 1. The Labute approximate surface area is 162 Å². The zero-order valence-corrected chi connectivity index (χ0v) is 15.6. The normalized spacial score (nSPS) is 11.6. The van der Waals surface area contributed by atoms with Gasteiger partial charge >= 0.3 is 5.97 Å². The third kappa shape index (κ3) is 3.88. The van der Waals surface area contributed by atoms with Gasteiger partial charge in [-0.3, -0.25) is 4.79 Å². The van der Waals surface area contributed by atoms with Crippen molar-refractivity contribution in [1.82, 2.24) is 4.57 Å². The van der Waals surface area contributed by atoms with Crippen molar-refractivity contribution in [2.75, 3.05) is 6.61 Å². The van der Waals surface area contributed by atoms with Crippen molar-refractivity contribution in [3.63, 3.8) is 0 Å². The van der Waals surface area contributed by atoms with E-state index in [0.29, 0.717) is 17.3 Å². The van der Waals surface area contributed by atoms with Crippen LogP contribution in [0.4, 0.5) is 0 Å². The van der Waals surface area contributed by atoms with E-state index >= 15 is 0 Å². The van der Waals surface area contributed by atoms with Crippen LogP contribution >= 0.6 is 11.6 Å². The number of nitrogens with zero attached hydrogens (tertiary/aromatic N) is 1. The molecule has 0 saturated heterocycles. The first kappa shape index (κ1) is 18.7. The van der Waals surface area contributed by atoms with Crippen molar-refractivity contribution < 1.29 is 14.3 Å². The second-order valence-electron chi connectivity index (χ2n) is 5.94. The number of carbonyl (C=O) groups is 2. The number of fused-ring (bicyclic) bond motifs is 1. The number of hydrogen-bond acceptors (Lipinski definition) is 3. The van der Waals surface area contributed by atoms with E-state index in [-0.39, 0.29) is 12.2 Å². The number of ether oxygens (including phenoxy) is 1. The van der Waals surface area contributed by atoms with Crippen molar-refractivity contribution in [1.29, 1.82) is 0 Å². The Balaban J connectivity index is 2.16. The number of amides is 1. The summed E-state index contributed by atoms with van der Waals surface area (Å²) in [5.74, 6) is -1.62. The summed E-state index contributed by atoms with van der Waals surface area (Å²) in [7, 11) is 0. The highest BCUT2D eigenvalue weighted by atomic mass is 35.5. The highest BCUT2D eigenvalue weighted by Gasteiger charge is 2.21. The minimum atomic E-state index is -0.857. The van der Waals surface area contributed by atoms with E-state index in [2.05, 4.69) is 0 Å². The van der Waals surface area contributed by atoms with Gasteiger partial charge in [0.15, 0.2) is 0 Å². The number of halogens is 1. The van der Waals surface area contributed by atoms with Crippen molar-refractivity contribution in [2.24, 2.45) is 5.73 Å². The minimum Gasteiger partial charge on any atom is -0.462 e. The predicted molar refractivity (Wildman–Crippen MR) is 106 cm³/mol. The van der Waals surface area contributed by atoms with Crippen LogP contribution in [0.2, 0.25) is 5.15 Å². The maximum absolute atomic E-state index is 12.1. The molecule has 0 aliphatic heterocycles. The molecular formula is C21H19ClN2O3. The van der Waals surface area contributed by atoms with Crippen LogP contribution in [0.1, 0.15) is 18.1 Å². The van der Waals surface area contributed by atoms with Gasteiger partial charge < -0.3 is 15.0 Å². The number of nitrogens with two attached hydrogens (primary N) is 1. The lowest BCUT2D eigenvalue weighted by atomic mass is 10.1. The van der Waals surface area contributed by atoms with E-state index in [1.165, 1.54) is 6.08 Å². The molecule has 2 aromatic carbocycles. The van der Waals surface area contributed by atoms with Crippen LogP contribution in [0.3, 0.4) is 0 Å². The molecule has 6 heteroatoms. The van der Waals surface area contributed by atoms with Gasteiger partial charge in [0.2, 0.25) is 0 Å². The Kier molecular flexibility index (Phi) is 5.62. The third-order valence-corrected chi connectivity index (χ3v) is 4.58. The molecular weight excluding hydrogens is 364 g/mol. The first-order valence-electron chi connectivity index (χ1n) is 8.52. The van der Waals surface area contributed by atoms with Crippen molar-refractivity contribution >= 4 is 40.5 Å². The Hall–Kier alpha value is -3.05. The van der Waals surface area contributed by atoms with Gasteiger partial charge in [-0.25, -0.2) is 4.79 Å². The summed E-state index contributed by atoms with van der Waals surface area (Å²) >= 11 is 6.65. The molecule has 3 rings (SSSR count).